The summed E-state index contributed by atoms with van der Waals surface area (Å²) in [5.74, 6) is -0.200. The van der Waals surface area contributed by atoms with E-state index in [0.29, 0.717) is 33.4 Å². The topological polar surface area (TPSA) is 88.1 Å². The number of fused-ring (bicyclic) bond motifs is 1. The minimum absolute atomic E-state index is 0.136. The van der Waals surface area contributed by atoms with E-state index in [9.17, 15) is 4.39 Å². The summed E-state index contributed by atoms with van der Waals surface area (Å²) in [7, 11) is 3.30. The van der Waals surface area contributed by atoms with Crippen LogP contribution in [0.3, 0.4) is 0 Å². The molecule has 2 heterocycles. The number of rotatable bonds is 5. The van der Waals surface area contributed by atoms with Crippen LogP contribution in [0.4, 0.5) is 10.3 Å². The fourth-order valence-corrected chi connectivity index (χ4v) is 2.88. The van der Waals surface area contributed by atoms with Crippen LogP contribution in [0.25, 0.3) is 22.3 Å². The third-order valence-corrected chi connectivity index (χ3v) is 3.99. The second-order valence-corrected chi connectivity index (χ2v) is 5.90. The Labute approximate surface area is 145 Å². The maximum atomic E-state index is 14.4. The zero-order valence-electron chi connectivity index (χ0n) is 13.1. The van der Waals surface area contributed by atoms with Gasteiger partial charge in [0.1, 0.15) is 12.3 Å². The van der Waals surface area contributed by atoms with Gasteiger partial charge in [-0.3, -0.25) is 0 Å². The molecule has 7 nitrogen and oxygen atoms in total. The van der Waals surface area contributed by atoms with Crippen molar-refractivity contribution in [1.29, 1.82) is 0 Å². The van der Waals surface area contributed by atoms with Gasteiger partial charge in [-0.2, -0.15) is 10.1 Å². The molecule has 0 unspecified atom stereocenters. The second kappa shape index (κ2) is 6.70. The van der Waals surface area contributed by atoms with Gasteiger partial charge >= 0.3 is 0 Å². The number of anilines is 1. The van der Waals surface area contributed by atoms with Crippen LogP contribution in [0.5, 0.6) is 5.75 Å². The number of nitrogens with zero attached hydrogens (tertiary/aromatic N) is 4. The van der Waals surface area contributed by atoms with Crippen molar-refractivity contribution in [3.8, 4) is 17.0 Å². The highest BCUT2D eigenvalue weighted by Crippen LogP contribution is 2.35. The molecule has 0 spiro atoms. The predicted octanol–water partition coefficient (Wildman–Crippen LogP) is 2.54. The van der Waals surface area contributed by atoms with E-state index in [0.717, 1.165) is 0 Å². The van der Waals surface area contributed by atoms with E-state index >= 15 is 0 Å². The van der Waals surface area contributed by atoms with E-state index in [1.807, 2.05) is 0 Å². The summed E-state index contributed by atoms with van der Waals surface area (Å²) in [6, 6.07) is 3.11. The fourth-order valence-electron chi connectivity index (χ4n) is 2.33. The summed E-state index contributed by atoms with van der Waals surface area (Å²) < 4.78 is 26.8. The minimum Gasteiger partial charge on any atom is -0.487 e. The highest BCUT2D eigenvalue weighted by Gasteiger charge is 2.17. The Bertz CT molecular complexity index is 876. The van der Waals surface area contributed by atoms with Crippen molar-refractivity contribution in [1.82, 2.24) is 19.7 Å². The molecule has 1 aromatic carbocycles. The van der Waals surface area contributed by atoms with Gasteiger partial charge < -0.3 is 15.2 Å². The Hall–Kier alpha value is -2.26. The number of halogens is 2. The molecule has 0 atom stereocenters. The van der Waals surface area contributed by atoms with Gasteiger partial charge in [-0.05, 0) is 28.1 Å². The quantitative estimate of drug-likeness (QED) is 0.667. The number of hydrogen-bond donors (Lipinski definition) is 1. The summed E-state index contributed by atoms with van der Waals surface area (Å²) in [5, 5.41) is 5.08. The second-order valence-electron chi connectivity index (χ2n) is 5.05. The van der Waals surface area contributed by atoms with E-state index in [2.05, 4.69) is 31.0 Å². The monoisotopic (exact) mass is 395 g/mol. The molecule has 0 amide bonds. The SMILES string of the molecule is COCCOc1c(F)cc(-c2nn(C)c3nc(N)ncc23)cc1Br. The molecule has 9 heteroatoms. The molecule has 126 valence electrons. The number of ether oxygens (including phenoxy) is 2. The molecule has 3 aromatic rings. The zero-order valence-corrected chi connectivity index (χ0v) is 14.7. The summed E-state index contributed by atoms with van der Waals surface area (Å²) in [5.41, 5.74) is 7.33. The van der Waals surface area contributed by atoms with Crippen LogP contribution in [0.2, 0.25) is 0 Å². The van der Waals surface area contributed by atoms with Crippen molar-refractivity contribution in [3.63, 3.8) is 0 Å². The Morgan fingerprint density at radius 2 is 2.12 bits per heavy atom. The Morgan fingerprint density at radius 1 is 1.33 bits per heavy atom. The molecular weight excluding hydrogens is 381 g/mol. The standard InChI is InChI=1S/C15H15BrFN5O2/c1-22-14-9(7-19-15(18)20-14)12(21-22)8-5-10(16)13(11(17)6-8)24-4-3-23-2/h5-7H,3-4H2,1-2H3,(H2,18,19,20). The Kier molecular flexibility index (Phi) is 4.63. The normalized spacial score (nSPS) is 11.2. The van der Waals surface area contributed by atoms with Crippen LogP contribution < -0.4 is 10.5 Å². The first-order chi connectivity index (χ1) is 11.5. The summed E-state index contributed by atoms with van der Waals surface area (Å²) in [4.78, 5) is 8.15. The molecule has 0 saturated heterocycles. The van der Waals surface area contributed by atoms with Gasteiger partial charge in [-0.25, -0.2) is 14.1 Å². The lowest BCUT2D eigenvalue weighted by Gasteiger charge is -2.10. The fraction of sp³-hybridized carbons (Fsp3) is 0.267. The summed E-state index contributed by atoms with van der Waals surface area (Å²) >= 11 is 3.34. The Balaban J connectivity index is 2.04. The summed E-state index contributed by atoms with van der Waals surface area (Å²) in [6.07, 6.45) is 1.58. The van der Waals surface area contributed by atoms with Crippen molar-refractivity contribution in [2.45, 2.75) is 0 Å². The number of aryl methyl sites for hydroxylation is 1. The van der Waals surface area contributed by atoms with E-state index < -0.39 is 5.82 Å². The molecule has 2 N–H and O–H groups in total. The third-order valence-electron chi connectivity index (χ3n) is 3.40. The van der Waals surface area contributed by atoms with Crippen molar-refractivity contribution in [2.24, 2.45) is 7.05 Å². The van der Waals surface area contributed by atoms with E-state index in [1.54, 1.807) is 31.1 Å². The van der Waals surface area contributed by atoms with Gasteiger partial charge in [-0.15, -0.1) is 0 Å². The predicted molar refractivity (Wildman–Crippen MR) is 91.2 cm³/mol. The van der Waals surface area contributed by atoms with Gasteiger partial charge in [-0.1, -0.05) is 0 Å². The molecule has 0 bridgehead atoms. The van der Waals surface area contributed by atoms with Crippen LogP contribution in [-0.4, -0.2) is 40.1 Å². The molecule has 3 rings (SSSR count). The van der Waals surface area contributed by atoms with Gasteiger partial charge in [0.2, 0.25) is 5.95 Å². The maximum absolute atomic E-state index is 14.4. The van der Waals surface area contributed by atoms with Crippen molar-refractivity contribution in [3.05, 3.63) is 28.6 Å². The molecule has 2 aromatic heterocycles. The smallest absolute Gasteiger partial charge is 0.222 e. The average molecular weight is 396 g/mol. The minimum atomic E-state index is -0.495. The molecular formula is C15H15BrFN5O2. The largest absolute Gasteiger partial charge is 0.487 e. The number of aromatic nitrogens is 4. The number of hydrogen-bond acceptors (Lipinski definition) is 6. The van der Waals surface area contributed by atoms with E-state index in [-0.39, 0.29) is 18.3 Å². The van der Waals surface area contributed by atoms with Gasteiger partial charge in [0.15, 0.2) is 17.2 Å². The number of methoxy groups -OCH3 is 1. The van der Waals surface area contributed by atoms with Crippen LogP contribution in [0.1, 0.15) is 0 Å². The number of nitrogens with two attached hydrogens (primary N) is 1. The van der Waals surface area contributed by atoms with Crippen LogP contribution in [-0.2, 0) is 11.8 Å². The molecule has 0 radical (unpaired) electrons. The Morgan fingerprint density at radius 3 is 2.83 bits per heavy atom. The van der Waals surface area contributed by atoms with Crippen LogP contribution in [0, 0.1) is 5.82 Å². The van der Waals surface area contributed by atoms with Gasteiger partial charge in [0, 0.05) is 25.9 Å². The highest BCUT2D eigenvalue weighted by atomic mass is 79.9. The van der Waals surface area contributed by atoms with Crippen molar-refractivity contribution >= 4 is 32.9 Å². The molecule has 0 aliphatic heterocycles. The highest BCUT2D eigenvalue weighted by molar-refractivity contribution is 9.10. The lowest BCUT2D eigenvalue weighted by molar-refractivity contribution is 0.143. The zero-order chi connectivity index (χ0) is 17.3. The first-order valence-corrected chi connectivity index (χ1v) is 7.87. The van der Waals surface area contributed by atoms with Gasteiger partial charge in [0.05, 0.1) is 16.5 Å². The molecule has 0 fully saturated rings. The molecule has 24 heavy (non-hydrogen) atoms. The summed E-state index contributed by atoms with van der Waals surface area (Å²) in [6.45, 7) is 0.627. The van der Waals surface area contributed by atoms with Crippen LogP contribution in [0.15, 0.2) is 22.8 Å². The van der Waals surface area contributed by atoms with Crippen molar-refractivity contribution < 1.29 is 13.9 Å². The maximum Gasteiger partial charge on any atom is 0.222 e. The van der Waals surface area contributed by atoms with Crippen LogP contribution >= 0.6 is 15.9 Å². The number of benzene rings is 1. The van der Waals surface area contributed by atoms with Crippen molar-refractivity contribution in [2.75, 3.05) is 26.1 Å². The van der Waals surface area contributed by atoms with E-state index in [4.69, 9.17) is 15.2 Å². The molecule has 0 saturated carbocycles. The number of nitrogen functional groups attached to an aromatic ring is 1. The molecule has 0 aliphatic rings. The lowest BCUT2D eigenvalue weighted by Crippen LogP contribution is -2.06. The lowest BCUT2D eigenvalue weighted by atomic mass is 10.1. The van der Waals surface area contributed by atoms with Gasteiger partial charge in [0.25, 0.3) is 0 Å². The first-order valence-electron chi connectivity index (χ1n) is 7.07. The first kappa shape index (κ1) is 16.6. The average Bonchev–Trinajstić information content (AvgIpc) is 2.86. The molecule has 0 aliphatic carbocycles. The van der Waals surface area contributed by atoms with E-state index in [1.165, 1.54) is 6.07 Å². The third kappa shape index (κ3) is 3.04.